The quantitative estimate of drug-likeness (QED) is 0.749. The molecule has 0 aliphatic rings. The topological polar surface area (TPSA) is 64.9 Å². The minimum Gasteiger partial charge on any atom is -0.425 e. The lowest BCUT2D eigenvalue weighted by molar-refractivity contribution is 0.367. The van der Waals surface area contributed by atoms with Crippen LogP contribution in [0.5, 0.6) is 0 Å². The fraction of sp³-hybridized carbons (Fsp3) is 0.778. The maximum atomic E-state index is 5.61. The van der Waals surface area contributed by atoms with Gasteiger partial charge in [0.25, 0.3) is 0 Å². The van der Waals surface area contributed by atoms with Gasteiger partial charge < -0.3 is 10.2 Å². The summed E-state index contributed by atoms with van der Waals surface area (Å²) in [6.07, 6.45) is 0.642. The molecule has 4 nitrogen and oxygen atoms in total. The molecule has 0 aliphatic heterocycles. The van der Waals surface area contributed by atoms with Crippen molar-refractivity contribution in [3.8, 4) is 0 Å². The highest BCUT2D eigenvalue weighted by molar-refractivity contribution is 4.96. The average molecular weight is 183 g/mol. The first-order valence-electron chi connectivity index (χ1n) is 4.48. The fourth-order valence-electron chi connectivity index (χ4n) is 0.915. The first-order chi connectivity index (χ1) is 5.89. The van der Waals surface area contributed by atoms with Crippen LogP contribution in [0.4, 0.5) is 0 Å². The van der Waals surface area contributed by atoms with Gasteiger partial charge in [0.1, 0.15) is 0 Å². The summed E-state index contributed by atoms with van der Waals surface area (Å²) in [4.78, 5) is 0. The lowest BCUT2D eigenvalue weighted by atomic mass is 9.97. The highest BCUT2D eigenvalue weighted by Crippen LogP contribution is 2.20. The van der Waals surface area contributed by atoms with E-state index in [9.17, 15) is 0 Å². The summed E-state index contributed by atoms with van der Waals surface area (Å²) in [6.45, 7) is 8.03. The smallest absolute Gasteiger partial charge is 0.221 e. The Kier molecular flexibility index (Phi) is 2.71. The van der Waals surface area contributed by atoms with Gasteiger partial charge in [0.05, 0.1) is 0 Å². The zero-order valence-corrected chi connectivity index (χ0v) is 8.66. The summed E-state index contributed by atoms with van der Waals surface area (Å²) >= 11 is 0. The van der Waals surface area contributed by atoms with E-state index in [2.05, 4.69) is 10.2 Å². The van der Waals surface area contributed by atoms with Crippen LogP contribution in [0.2, 0.25) is 0 Å². The van der Waals surface area contributed by atoms with Crippen LogP contribution in [0.1, 0.15) is 39.5 Å². The lowest BCUT2D eigenvalue weighted by Gasteiger charge is -2.11. The molecule has 74 valence electrons. The van der Waals surface area contributed by atoms with E-state index >= 15 is 0 Å². The highest BCUT2D eigenvalue weighted by atomic mass is 16.4. The number of hydrogen-bond donors (Lipinski definition) is 1. The second-order valence-corrected chi connectivity index (χ2v) is 4.43. The fourth-order valence-corrected chi connectivity index (χ4v) is 0.915. The first kappa shape index (κ1) is 10.2. The van der Waals surface area contributed by atoms with E-state index in [1.54, 1.807) is 0 Å². The molecule has 0 aromatic carbocycles. The molecule has 1 aromatic heterocycles. The molecule has 0 spiro atoms. The summed E-state index contributed by atoms with van der Waals surface area (Å²) in [5.41, 5.74) is 5.53. The Hall–Kier alpha value is -0.900. The van der Waals surface area contributed by atoms with Gasteiger partial charge in [-0.15, -0.1) is 10.2 Å². The van der Waals surface area contributed by atoms with Gasteiger partial charge in [-0.3, -0.25) is 0 Å². The van der Waals surface area contributed by atoms with Gasteiger partial charge in [-0.05, 0) is 6.92 Å². The first-order valence-corrected chi connectivity index (χ1v) is 4.48. The maximum Gasteiger partial charge on any atom is 0.221 e. The monoisotopic (exact) mass is 183 g/mol. The third-order valence-corrected chi connectivity index (χ3v) is 1.61. The summed E-state index contributed by atoms with van der Waals surface area (Å²) in [6, 6.07) is 0.0632. The van der Waals surface area contributed by atoms with Crippen LogP contribution in [-0.4, -0.2) is 16.2 Å². The molecule has 0 saturated carbocycles. The van der Waals surface area contributed by atoms with E-state index in [4.69, 9.17) is 10.2 Å². The second kappa shape index (κ2) is 3.46. The van der Waals surface area contributed by atoms with E-state index in [1.807, 2.05) is 27.7 Å². The van der Waals surface area contributed by atoms with E-state index < -0.39 is 0 Å². The second-order valence-electron chi connectivity index (χ2n) is 4.43. The van der Waals surface area contributed by atoms with Crippen LogP contribution < -0.4 is 5.73 Å². The molecular weight excluding hydrogens is 166 g/mol. The summed E-state index contributed by atoms with van der Waals surface area (Å²) < 4.78 is 5.46. The van der Waals surface area contributed by atoms with Crippen molar-refractivity contribution in [2.24, 2.45) is 5.73 Å². The molecule has 4 heteroatoms. The van der Waals surface area contributed by atoms with Gasteiger partial charge >= 0.3 is 0 Å². The minimum absolute atomic E-state index is 0.0632. The number of rotatable bonds is 2. The van der Waals surface area contributed by atoms with Crippen molar-refractivity contribution in [1.82, 2.24) is 10.2 Å². The lowest BCUT2D eigenvalue weighted by Crippen LogP contribution is -2.17. The molecule has 0 saturated heterocycles. The number of nitrogens with zero attached hydrogens (tertiary/aromatic N) is 2. The standard InChI is InChI=1S/C9H17N3O/c1-6(10)5-7-11-12-8(13-7)9(2,3)4/h6H,5,10H2,1-4H3. The Morgan fingerprint density at radius 1 is 1.38 bits per heavy atom. The van der Waals surface area contributed by atoms with E-state index in [0.29, 0.717) is 18.2 Å². The van der Waals surface area contributed by atoms with Crippen molar-refractivity contribution in [2.75, 3.05) is 0 Å². The molecule has 2 N–H and O–H groups in total. The van der Waals surface area contributed by atoms with Crippen molar-refractivity contribution >= 4 is 0 Å². The largest absolute Gasteiger partial charge is 0.425 e. The molecule has 0 fully saturated rings. The highest BCUT2D eigenvalue weighted by Gasteiger charge is 2.21. The van der Waals surface area contributed by atoms with E-state index in [0.717, 1.165) is 0 Å². The van der Waals surface area contributed by atoms with Gasteiger partial charge in [0, 0.05) is 17.9 Å². The molecule has 0 bridgehead atoms. The number of nitrogens with two attached hydrogens (primary N) is 1. The van der Waals surface area contributed by atoms with Crippen LogP contribution in [0, 0.1) is 0 Å². The SMILES string of the molecule is CC(N)Cc1nnc(C(C)(C)C)o1. The predicted octanol–water partition coefficient (Wildman–Crippen LogP) is 1.26. The van der Waals surface area contributed by atoms with E-state index in [-0.39, 0.29) is 11.5 Å². The Morgan fingerprint density at radius 3 is 2.38 bits per heavy atom. The summed E-state index contributed by atoms with van der Waals surface area (Å²) in [5, 5.41) is 7.89. The van der Waals surface area contributed by atoms with Gasteiger partial charge in [-0.1, -0.05) is 20.8 Å². The molecule has 0 radical (unpaired) electrons. The van der Waals surface area contributed by atoms with Gasteiger partial charge in [-0.2, -0.15) is 0 Å². The zero-order valence-electron chi connectivity index (χ0n) is 8.66. The van der Waals surface area contributed by atoms with Crippen molar-refractivity contribution in [3.63, 3.8) is 0 Å². The Morgan fingerprint density at radius 2 is 2.00 bits per heavy atom. The van der Waals surface area contributed by atoms with Gasteiger partial charge in [0.2, 0.25) is 11.8 Å². The molecule has 1 heterocycles. The van der Waals surface area contributed by atoms with Crippen LogP contribution in [0.25, 0.3) is 0 Å². The van der Waals surface area contributed by atoms with Crippen LogP contribution in [-0.2, 0) is 11.8 Å². The number of aromatic nitrogens is 2. The zero-order chi connectivity index (χ0) is 10.1. The third kappa shape index (κ3) is 2.81. The third-order valence-electron chi connectivity index (χ3n) is 1.61. The van der Waals surface area contributed by atoms with Crippen LogP contribution in [0.3, 0.4) is 0 Å². The Bertz CT molecular complexity index is 273. The van der Waals surface area contributed by atoms with Crippen molar-refractivity contribution < 1.29 is 4.42 Å². The molecule has 0 amide bonds. The predicted molar refractivity (Wildman–Crippen MR) is 50.4 cm³/mol. The van der Waals surface area contributed by atoms with Crippen LogP contribution in [0.15, 0.2) is 4.42 Å². The Balaban J connectivity index is 2.75. The van der Waals surface area contributed by atoms with Crippen LogP contribution >= 0.6 is 0 Å². The Labute approximate surface area is 78.5 Å². The van der Waals surface area contributed by atoms with E-state index in [1.165, 1.54) is 0 Å². The van der Waals surface area contributed by atoms with Gasteiger partial charge in [-0.25, -0.2) is 0 Å². The average Bonchev–Trinajstić information content (AvgIpc) is 2.32. The summed E-state index contributed by atoms with van der Waals surface area (Å²) in [7, 11) is 0. The van der Waals surface area contributed by atoms with Crippen molar-refractivity contribution in [2.45, 2.75) is 45.6 Å². The molecule has 1 rings (SSSR count). The minimum atomic E-state index is -0.0803. The molecule has 0 aliphatic carbocycles. The maximum absolute atomic E-state index is 5.61. The molecule has 13 heavy (non-hydrogen) atoms. The summed E-state index contributed by atoms with van der Waals surface area (Å²) in [5.74, 6) is 1.29. The molecule has 1 unspecified atom stereocenters. The van der Waals surface area contributed by atoms with Crippen molar-refractivity contribution in [3.05, 3.63) is 11.8 Å². The normalized spacial score (nSPS) is 14.5. The van der Waals surface area contributed by atoms with Gasteiger partial charge in [0.15, 0.2) is 0 Å². The van der Waals surface area contributed by atoms with Crippen molar-refractivity contribution in [1.29, 1.82) is 0 Å². The molecule has 1 aromatic rings. The molecular formula is C9H17N3O. The molecule has 1 atom stereocenters. The number of hydrogen-bond acceptors (Lipinski definition) is 4.